The number of fused-ring (bicyclic) bond motifs is 4. The van der Waals surface area contributed by atoms with Gasteiger partial charge in [-0.3, -0.25) is 19.4 Å². The van der Waals surface area contributed by atoms with Crippen LogP contribution in [0.3, 0.4) is 0 Å². The number of piperidine rings is 1. The molecule has 2 aliphatic rings. The van der Waals surface area contributed by atoms with E-state index in [-0.39, 0.29) is 12.0 Å². The highest BCUT2D eigenvalue weighted by atomic mass is 16.3. The molecule has 1 aromatic carbocycles. The van der Waals surface area contributed by atoms with Crippen LogP contribution in [0.2, 0.25) is 0 Å². The highest BCUT2D eigenvalue weighted by Gasteiger charge is 2.34. The number of carbonyl (C=O) groups is 1. The lowest BCUT2D eigenvalue weighted by atomic mass is 9.83. The van der Waals surface area contributed by atoms with E-state index in [4.69, 9.17) is 9.90 Å². The first kappa shape index (κ1) is 23.8. The Morgan fingerprint density at radius 1 is 1.12 bits per heavy atom. The number of pyridine rings is 1. The molecule has 2 aliphatic heterocycles. The molecule has 0 saturated carbocycles. The Labute approximate surface area is 199 Å². The van der Waals surface area contributed by atoms with E-state index in [1.807, 2.05) is 24.7 Å². The maximum absolute atomic E-state index is 13.3. The molecular formula is C25H32N6O3. The summed E-state index contributed by atoms with van der Waals surface area (Å²) < 4.78 is 3.97. The Morgan fingerprint density at radius 2 is 1.88 bits per heavy atom. The highest BCUT2D eigenvalue weighted by molar-refractivity contribution is 5.32. The summed E-state index contributed by atoms with van der Waals surface area (Å²) in [6.07, 6.45) is 2.90. The van der Waals surface area contributed by atoms with Crippen LogP contribution in [0.4, 0.5) is 0 Å². The molecule has 1 fully saturated rings. The summed E-state index contributed by atoms with van der Waals surface area (Å²) >= 11 is 0. The Kier molecular flexibility index (Phi) is 7.54. The molecule has 2 bridgehead atoms. The molecule has 1 saturated heterocycles. The molecule has 9 nitrogen and oxygen atoms in total. The van der Waals surface area contributed by atoms with Crippen LogP contribution in [0.5, 0.6) is 0 Å². The van der Waals surface area contributed by atoms with Gasteiger partial charge in [-0.05, 0) is 31.0 Å². The zero-order valence-electron chi connectivity index (χ0n) is 19.7. The molecule has 2 aromatic heterocycles. The zero-order chi connectivity index (χ0) is 24.1. The molecule has 2 atom stereocenters. The second-order valence-electron chi connectivity index (χ2n) is 9.31. The van der Waals surface area contributed by atoms with Gasteiger partial charge in [0.1, 0.15) is 12.2 Å². The lowest BCUT2D eigenvalue weighted by Crippen LogP contribution is -2.47. The van der Waals surface area contributed by atoms with Crippen LogP contribution in [0.1, 0.15) is 35.0 Å². The van der Waals surface area contributed by atoms with Crippen LogP contribution in [0, 0.1) is 5.92 Å². The molecule has 1 N–H and O–H groups in total. The van der Waals surface area contributed by atoms with Crippen molar-refractivity contribution in [3.8, 4) is 0 Å². The van der Waals surface area contributed by atoms with E-state index >= 15 is 0 Å². The van der Waals surface area contributed by atoms with Crippen molar-refractivity contribution in [1.82, 2.24) is 29.1 Å². The Bertz CT molecular complexity index is 1160. The predicted octanol–water partition coefficient (Wildman–Crippen LogP) is 1.93. The molecule has 180 valence electrons. The normalized spacial score (nSPS) is 19.3. The van der Waals surface area contributed by atoms with Gasteiger partial charge in [0.15, 0.2) is 0 Å². The minimum atomic E-state index is -0.250. The summed E-state index contributed by atoms with van der Waals surface area (Å²) in [6, 6.07) is 14.9. The number of hydrogen-bond donors (Lipinski definition) is 1. The fraction of sp³-hybridized carbons (Fsp3) is 0.440. The standard InChI is InChI=1S/C24H30N6O.CH2O2/c1-27(16-23-26-25-17-28(23)2)14-20-8-9-22-21-10-19(13-30(22)24(20)31)12-29(15-21)11-18-6-4-3-5-7-18;2-1-3/h3-9,17,19,21H,10-16H2,1-2H3;1H,(H,2,3)/t19-,21+;/m0./s1. The average Bonchev–Trinajstić information content (AvgIpc) is 3.21. The highest BCUT2D eigenvalue weighted by Crippen LogP contribution is 2.35. The minimum absolute atomic E-state index is 0.175. The van der Waals surface area contributed by atoms with Crippen molar-refractivity contribution in [2.45, 2.75) is 38.5 Å². The average molecular weight is 465 g/mol. The number of likely N-dealkylation sites (tertiary alicyclic amines) is 1. The van der Waals surface area contributed by atoms with E-state index in [2.05, 4.69) is 61.0 Å². The number of hydrogen-bond acceptors (Lipinski definition) is 6. The van der Waals surface area contributed by atoms with Crippen LogP contribution in [0.25, 0.3) is 0 Å². The van der Waals surface area contributed by atoms with E-state index in [0.717, 1.165) is 37.6 Å². The summed E-state index contributed by atoms with van der Waals surface area (Å²) in [7, 11) is 3.96. The first-order valence-corrected chi connectivity index (χ1v) is 11.6. The zero-order valence-corrected chi connectivity index (χ0v) is 19.7. The van der Waals surface area contributed by atoms with Crippen molar-refractivity contribution in [2.75, 3.05) is 20.1 Å². The molecule has 9 heteroatoms. The van der Waals surface area contributed by atoms with Gasteiger partial charge in [0.05, 0.1) is 6.54 Å². The van der Waals surface area contributed by atoms with Gasteiger partial charge in [0.2, 0.25) is 0 Å². The first-order valence-electron chi connectivity index (χ1n) is 11.6. The second kappa shape index (κ2) is 10.8. The van der Waals surface area contributed by atoms with E-state index in [0.29, 0.717) is 24.9 Å². The molecule has 34 heavy (non-hydrogen) atoms. The fourth-order valence-electron chi connectivity index (χ4n) is 5.22. The van der Waals surface area contributed by atoms with Crippen molar-refractivity contribution in [2.24, 2.45) is 13.0 Å². The van der Waals surface area contributed by atoms with Crippen molar-refractivity contribution >= 4 is 6.47 Å². The van der Waals surface area contributed by atoms with Crippen molar-refractivity contribution in [1.29, 1.82) is 0 Å². The molecule has 0 aliphatic carbocycles. The molecule has 0 unspecified atom stereocenters. The van der Waals surface area contributed by atoms with Gasteiger partial charge in [-0.2, -0.15) is 0 Å². The minimum Gasteiger partial charge on any atom is -0.483 e. The van der Waals surface area contributed by atoms with Crippen LogP contribution < -0.4 is 5.56 Å². The largest absolute Gasteiger partial charge is 0.483 e. The summed E-state index contributed by atoms with van der Waals surface area (Å²) in [6.45, 7) is 4.93. The SMILES string of the molecule is CN(Cc1ccc2n(c1=O)C[C@H]1C[C@@H]2CN(Cc2ccccc2)C1)Cc1nncn1C.O=CO. The van der Waals surface area contributed by atoms with Crippen LogP contribution in [-0.4, -0.2) is 60.8 Å². The molecule has 4 heterocycles. The van der Waals surface area contributed by atoms with Crippen molar-refractivity contribution in [3.05, 3.63) is 81.8 Å². The number of aromatic nitrogens is 4. The van der Waals surface area contributed by atoms with Gasteiger partial charge in [-0.25, -0.2) is 0 Å². The number of carboxylic acid groups (broad SMARTS) is 1. The second-order valence-corrected chi connectivity index (χ2v) is 9.31. The van der Waals surface area contributed by atoms with Gasteiger partial charge in [0.25, 0.3) is 12.0 Å². The summed E-state index contributed by atoms with van der Waals surface area (Å²) in [4.78, 5) is 26.4. The summed E-state index contributed by atoms with van der Waals surface area (Å²) in [5.41, 5.74) is 3.60. The molecular weight excluding hydrogens is 432 g/mol. The third-order valence-electron chi connectivity index (χ3n) is 6.66. The van der Waals surface area contributed by atoms with Gasteiger partial charge < -0.3 is 14.2 Å². The fourth-order valence-corrected chi connectivity index (χ4v) is 5.22. The Hall–Kier alpha value is -3.30. The maximum atomic E-state index is 13.3. The number of nitrogens with zero attached hydrogens (tertiary/aromatic N) is 6. The number of aryl methyl sites for hydroxylation is 1. The van der Waals surface area contributed by atoms with Crippen molar-refractivity contribution in [3.63, 3.8) is 0 Å². The van der Waals surface area contributed by atoms with E-state index in [1.165, 1.54) is 17.7 Å². The van der Waals surface area contributed by atoms with Gasteiger partial charge in [-0.1, -0.05) is 36.4 Å². The number of benzene rings is 1. The lowest BCUT2D eigenvalue weighted by molar-refractivity contribution is -0.122. The third-order valence-corrected chi connectivity index (χ3v) is 6.66. The summed E-state index contributed by atoms with van der Waals surface area (Å²) in [5, 5.41) is 15.0. The van der Waals surface area contributed by atoms with E-state index in [1.54, 1.807) is 6.33 Å². The monoisotopic (exact) mass is 464 g/mol. The lowest BCUT2D eigenvalue weighted by Gasteiger charge is -2.43. The van der Waals surface area contributed by atoms with Gasteiger partial charge in [0, 0.05) is 56.9 Å². The number of rotatable bonds is 6. The maximum Gasteiger partial charge on any atom is 0.290 e. The van der Waals surface area contributed by atoms with Gasteiger partial charge in [-0.15, -0.1) is 10.2 Å². The first-order chi connectivity index (χ1) is 16.5. The van der Waals surface area contributed by atoms with Crippen molar-refractivity contribution < 1.29 is 9.90 Å². The van der Waals surface area contributed by atoms with Gasteiger partial charge >= 0.3 is 0 Å². The summed E-state index contributed by atoms with van der Waals surface area (Å²) in [5.74, 6) is 1.88. The molecule has 0 radical (unpaired) electrons. The topological polar surface area (TPSA) is 96.5 Å². The predicted molar refractivity (Wildman–Crippen MR) is 128 cm³/mol. The molecule has 3 aromatic rings. The Balaban J connectivity index is 0.000000868. The molecule has 0 amide bonds. The Morgan fingerprint density at radius 3 is 2.59 bits per heavy atom. The molecule has 0 spiro atoms. The smallest absolute Gasteiger partial charge is 0.290 e. The van der Waals surface area contributed by atoms with Crippen LogP contribution in [-0.2, 0) is 38.0 Å². The third kappa shape index (κ3) is 5.43. The van der Waals surface area contributed by atoms with E-state index in [9.17, 15) is 4.79 Å². The quantitative estimate of drug-likeness (QED) is 0.557. The molecule has 5 rings (SSSR count). The van der Waals surface area contributed by atoms with E-state index < -0.39 is 0 Å². The van der Waals surface area contributed by atoms with Crippen LogP contribution in [0.15, 0.2) is 53.6 Å². The van der Waals surface area contributed by atoms with Crippen LogP contribution >= 0.6 is 0 Å².